The van der Waals surface area contributed by atoms with Crippen LogP contribution in [-0.4, -0.2) is 51.2 Å². The molecule has 0 unspecified atom stereocenters. The van der Waals surface area contributed by atoms with Gasteiger partial charge in [0, 0.05) is 10.6 Å². The van der Waals surface area contributed by atoms with E-state index in [2.05, 4.69) is 0 Å². The number of nitrogens with zero attached hydrogens (tertiary/aromatic N) is 1. The van der Waals surface area contributed by atoms with Crippen LogP contribution in [-0.2, 0) is 14.8 Å². The zero-order chi connectivity index (χ0) is 20.1. The van der Waals surface area contributed by atoms with Crippen LogP contribution in [0.5, 0.6) is 5.75 Å². The predicted molar refractivity (Wildman–Crippen MR) is 102 cm³/mol. The Labute approximate surface area is 162 Å². The Hall–Kier alpha value is -2.10. The van der Waals surface area contributed by atoms with E-state index >= 15 is 0 Å². The molecule has 1 amide bonds. The molecule has 6 nitrogen and oxygen atoms in total. The fraction of sp³-hybridized carbons (Fsp3) is 0.278. The number of hydrogen-bond donors (Lipinski definition) is 1. The summed E-state index contributed by atoms with van der Waals surface area (Å²) < 4.78 is 44.3. The number of nitrogens with two attached hydrogens (primary N) is 1. The maximum Gasteiger partial charge on any atom is 0.326 e. The van der Waals surface area contributed by atoms with Crippen molar-refractivity contribution >= 4 is 27.7 Å². The van der Waals surface area contributed by atoms with Gasteiger partial charge in [-0.15, -0.1) is 11.8 Å². The number of carbonyl (C=O) groups excluding carboxylic acids is 1. The molecule has 0 spiro atoms. The molecule has 0 saturated heterocycles. The Balaban J connectivity index is 1.99. The number of sulfonamides is 1. The van der Waals surface area contributed by atoms with Gasteiger partial charge in [0.25, 0.3) is 5.91 Å². The van der Waals surface area contributed by atoms with E-state index in [1.165, 1.54) is 23.9 Å². The summed E-state index contributed by atoms with van der Waals surface area (Å²) in [6, 6.07) is 12.6. The molecule has 2 rings (SSSR count). The molecule has 0 fully saturated rings. The van der Waals surface area contributed by atoms with Crippen LogP contribution in [0.25, 0.3) is 0 Å². The lowest BCUT2D eigenvalue weighted by Gasteiger charge is -2.28. The molecule has 0 aliphatic heterocycles. The SMILES string of the molecule is C[N+](C)(CCSc1ccc(OCC(N)=O)c(F)c1)S(=O)(=O)c1ccccc1. The maximum atomic E-state index is 14.0. The molecule has 0 atom stereocenters. The van der Waals surface area contributed by atoms with E-state index in [1.807, 2.05) is 0 Å². The number of rotatable bonds is 9. The number of carbonyl (C=O) groups is 1. The van der Waals surface area contributed by atoms with Crippen molar-refractivity contribution in [1.82, 2.24) is 0 Å². The number of benzene rings is 2. The third-order valence-corrected chi connectivity index (χ3v) is 7.19. The zero-order valence-electron chi connectivity index (χ0n) is 15.1. The van der Waals surface area contributed by atoms with Gasteiger partial charge in [0.15, 0.2) is 18.2 Å². The molecule has 9 heteroatoms. The van der Waals surface area contributed by atoms with Gasteiger partial charge in [-0.1, -0.05) is 18.2 Å². The lowest BCUT2D eigenvalue weighted by Crippen LogP contribution is -2.46. The topological polar surface area (TPSA) is 86.5 Å². The second kappa shape index (κ2) is 8.73. The summed E-state index contributed by atoms with van der Waals surface area (Å²) in [5.74, 6) is -0.875. The van der Waals surface area contributed by atoms with Gasteiger partial charge >= 0.3 is 10.0 Å². The van der Waals surface area contributed by atoms with Crippen LogP contribution < -0.4 is 10.5 Å². The second-order valence-corrected chi connectivity index (χ2v) is 9.86. The third-order valence-electron chi connectivity index (χ3n) is 3.86. The lowest BCUT2D eigenvalue weighted by molar-refractivity contribution is -0.759. The highest BCUT2D eigenvalue weighted by Gasteiger charge is 2.34. The van der Waals surface area contributed by atoms with Crippen LogP contribution in [0.2, 0.25) is 0 Å². The highest BCUT2D eigenvalue weighted by atomic mass is 32.2. The van der Waals surface area contributed by atoms with Crippen molar-refractivity contribution in [2.45, 2.75) is 9.79 Å². The number of thioether (sulfide) groups is 1. The molecule has 146 valence electrons. The summed E-state index contributed by atoms with van der Waals surface area (Å²) in [7, 11) is -0.279. The van der Waals surface area contributed by atoms with E-state index in [0.717, 1.165) is 0 Å². The fourth-order valence-corrected chi connectivity index (χ4v) is 4.87. The number of hydrogen-bond acceptors (Lipinski definition) is 5. The van der Waals surface area contributed by atoms with Gasteiger partial charge in [0.2, 0.25) is 0 Å². The summed E-state index contributed by atoms with van der Waals surface area (Å²) >= 11 is 1.34. The first-order valence-electron chi connectivity index (χ1n) is 8.10. The van der Waals surface area contributed by atoms with E-state index in [0.29, 0.717) is 17.2 Å². The van der Waals surface area contributed by atoms with Crippen molar-refractivity contribution in [2.24, 2.45) is 5.73 Å². The molecule has 2 aromatic rings. The Kier molecular flexibility index (Phi) is 6.85. The molecule has 0 saturated carbocycles. The Morgan fingerprint density at radius 2 is 1.85 bits per heavy atom. The predicted octanol–water partition coefficient (Wildman–Crippen LogP) is 2.25. The number of amides is 1. The van der Waals surface area contributed by atoms with Gasteiger partial charge < -0.3 is 10.5 Å². The van der Waals surface area contributed by atoms with Crippen molar-refractivity contribution < 1.29 is 26.2 Å². The molecule has 2 aromatic carbocycles. The minimum Gasteiger partial charge on any atom is -0.481 e. The van der Waals surface area contributed by atoms with Crippen LogP contribution in [0.15, 0.2) is 58.3 Å². The van der Waals surface area contributed by atoms with Gasteiger partial charge in [0.1, 0.15) is 11.4 Å². The minimum atomic E-state index is -3.54. The molecular formula is C18H22FN2O4S2+. The second-order valence-electron chi connectivity index (χ2n) is 6.28. The van der Waals surface area contributed by atoms with Crippen molar-refractivity contribution in [3.05, 3.63) is 54.3 Å². The average Bonchev–Trinajstić information content (AvgIpc) is 2.61. The van der Waals surface area contributed by atoms with Crippen LogP contribution in [0.4, 0.5) is 4.39 Å². The van der Waals surface area contributed by atoms with Crippen LogP contribution in [0.3, 0.4) is 0 Å². The fourth-order valence-electron chi connectivity index (χ4n) is 2.22. The van der Waals surface area contributed by atoms with Gasteiger partial charge in [-0.2, -0.15) is 8.42 Å². The minimum absolute atomic E-state index is 0.0547. The largest absolute Gasteiger partial charge is 0.481 e. The highest BCUT2D eigenvalue weighted by Crippen LogP contribution is 2.27. The average molecular weight is 414 g/mol. The van der Waals surface area contributed by atoms with Gasteiger partial charge in [-0.3, -0.25) is 4.79 Å². The third kappa shape index (κ3) is 5.44. The summed E-state index contributed by atoms with van der Waals surface area (Å²) in [5, 5.41) is 0. The summed E-state index contributed by atoms with van der Waals surface area (Å²) in [6.07, 6.45) is 0. The van der Waals surface area contributed by atoms with Crippen molar-refractivity contribution in [3.8, 4) is 5.75 Å². The highest BCUT2D eigenvalue weighted by molar-refractivity contribution is 7.99. The summed E-state index contributed by atoms with van der Waals surface area (Å²) in [6.45, 7) is -0.0597. The van der Waals surface area contributed by atoms with Crippen LogP contribution in [0.1, 0.15) is 0 Å². The monoisotopic (exact) mass is 413 g/mol. The van der Waals surface area contributed by atoms with Crippen LogP contribution >= 0.6 is 11.8 Å². The van der Waals surface area contributed by atoms with Gasteiger partial charge in [0.05, 0.1) is 14.1 Å². The van der Waals surface area contributed by atoms with Crippen molar-refractivity contribution in [2.75, 3.05) is 33.0 Å². The lowest BCUT2D eigenvalue weighted by atomic mass is 10.3. The molecule has 0 aliphatic rings. The first kappa shape index (κ1) is 21.2. The molecule has 2 N–H and O–H groups in total. The summed E-state index contributed by atoms with van der Waals surface area (Å²) in [5.41, 5.74) is 4.96. The molecule has 0 heterocycles. The molecular weight excluding hydrogens is 391 g/mol. The number of quaternary nitrogens is 1. The van der Waals surface area contributed by atoms with Crippen LogP contribution in [0, 0.1) is 5.82 Å². The van der Waals surface area contributed by atoms with E-state index in [4.69, 9.17) is 10.5 Å². The number of ether oxygens (including phenoxy) is 1. The normalized spacial score (nSPS) is 12.0. The Morgan fingerprint density at radius 1 is 1.19 bits per heavy atom. The molecule has 0 aliphatic carbocycles. The zero-order valence-corrected chi connectivity index (χ0v) is 16.7. The van der Waals surface area contributed by atoms with E-state index < -0.39 is 28.4 Å². The molecule has 0 radical (unpaired) electrons. The smallest absolute Gasteiger partial charge is 0.326 e. The van der Waals surface area contributed by atoms with E-state index in [9.17, 15) is 17.6 Å². The Bertz CT molecular complexity index is 903. The van der Waals surface area contributed by atoms with Crippen molar-refractivity contribution in [1.29, 1.82) is 0 Å². The molecule has 0 aromatic heterocycles. The van der Waals surface area contributed by atoms with Crippen molar-refractivity contribution in [3.63, 3.8) is 0 Å². The Morgan fingerprint density at radius 3 is 2.44 bits per heavy atom. The molecule has 27 heavy (non-hydrogen) atoms. The first-order chi connectivity index (χ1) is 12.6. The summed E-state index contributed by atoms with van der Waals surface area (Å²) in [4.78, 5) is 11.6. The standard InChI is InChI=1S/C18H21FN2O4S2/c1-21(2,27(23,24)15-6-4-3-5-7-15)10-11-26-14-8-9-17(16(19)12-14)25-13-18(20)22/h3-9,12H,10-11,13H2,1-2H3,(H-,20,22)/p+1. The van der Waals surface area contributed by atoms with Gasteiger partial charge in [-0.05, 0) is 30.3 Å². The van der Waals surface area contributed by atoms with E-state index in [-0.39, 0.29) is 14.5 Å². The quantitative estimate of drug-likeness (QED) is 0.503. The number of primary amides is 1. The maximum absolute atomic E-state index is 14.0. The number of halogens is 1. The first-order valence-corrected chi connectivity index (χ1v) is 10.5. The molecule has 0 bridgehead atoms. The van der Waals surface area contributed by atoms with Gasteiger partial charge in [-0.25, -0.2) is 8.28 Å². The van der Waals surface area contributed by atoms with E-state index in [1.54, 1.807) is 50.5 Å².